The van der Waals surface area contributed by atoms with E-state index in [1.165, 1.54) is 57.0 Å². The van der Waals surface area contributed by atoms with E-state index >= 15 is 0 Å². The van der Waals surface area contributed by atoms with Crippen LogP contribution in [0.3, 0.4) is 0 Å². The molecule has 0 unspecified atom stereocenters. The molecule has 0 aliphatic rings. The molecule has 44 heavy (non-hydrogen) atoms. The number of hydrogen-bond acceptors (Lipinski definition) is 4. The van der Waals surface area contributed by atoms with Gasteiger partial charge in [0.1, 0.15) is 12.1 Å². The smallest absolute Gasteiger partial charge is 0.153 e. The first kappa shape index (κ1) is 25.5. The zero-order valence-corrected chi connectivity index (χ0v) is 25.3. The minimum Gasteiger partial charge on any atom is -0.486 e. The third-order valence-electron chi connectivity index (χ3n) is 8.46. The highest BCUT2D eigenvalue weighted by Gasteiger charge is 2.22. The third kappa shape index (κ3) is 4.03. The summed E-state index contributed by atoms with van der Waals surface area (Å²) in [5, 5.41) is 6.24. The van der Waals surface area contributed by atoms with Crippen molar-refractivity contribution in [3.8, 4) is 28.0 Å². The first-order chi connectivity index (χ1) is 21.8. The maximum absolute atomic E-state index is 6.79. The zero-order chi connectivity index (χ0) is 29.0. The zero-order valence-electron chi connectivity index (χ0n) is 23.7. The van der Waals surface area contributed by atoms with Gasteiger partial charge in [-0.15, -0.1) is 22.7 Å². The minimum atomic E-state index is 0.465. The van der Waals surface area contributed by atoms with Crippen LogP contribution in [0.4, 0.5) is 0 Å². The highest BCUT2D eigenvalue weighted by Crippen LogP contribution is 2.49. The number of rotatable bonds is 5. The largest absolute Gasteiger partial charge is 0.486 e. The lowest BCUT2D eigenvalue weighted by Gasteiger charge is -2.18. The van der Waals surface area contributed by atoms with Gasteiger partial charge in [-0.2, -0.15) is 0 Å². The van der Waals surface area contributed by atoms with Crippen LogP contribution in [0.5, 0.6) is 5.75 Å². The molecular formula is C40H25NOS2. The van der Waals surface area contributed by atoms with Gasteiger partial charge in [0.15, 0.2) is 5.75 Å². The number of ether oxygens (including phenoxy) is 1. The molecule has 3 heterocycles. The lowest BCUT2D eigenvalue weighted by Crippen LogP contribution is -2.00. The lowest BCUT2D eigenvalue weighted by atomic mass is 9.92. The Hall–Kier alpha value is -5.03. The van der Waals surface area contributed by atoms with E-state index < -0.39 is 0 Å². The van der Waals surface area contributed by atoms with Crippen molar-refractivity contribution in [2.75, 3.05) is 0 Å². The molecule has 0 aliphatic heterocycles. The third-order valence-corrected chi connectivity index (χ3v) is 10.9. The van der Waals surface area contributed by atoms with Crippen LogP contribution in [0, 0.1) is 0 Å². The topological polar surface area (TPSA) is 22.1 Å². The second-order valence-electron chi connectivity index (χ2n) is 11.0. The van der Waals surface area contributed by atoms with Crippen molar-refractivity contribution in [2.45, 2.75) is 6.61 Å². The molecule has 0 N–H and O–H groups in total. The highest BCUT2D eigenvalue weighted by atomic mass is 32.1. The maximum Gasteiger partial charge on any atom is 0.153 e. The molecule has 0 bridgehead atoms. The van der Waals surface area contributed by atoms with E-state index in [4.69, 9.17) is 9.72 Å². The van der Waals surface area contributed by atoms with E-state index in [1.54, 1.807) is 0 Å². The highest BCUT2D eigenvalue weighted by molar-refractivity contribution is 7.26. The first-order valence-electron chi connectivity index (χ1n) is 14.7. The Labute approximate surface area is 262 Å². The number of pyridine rings is 1. The van der Waals surface area contributed by atoms with Gasteiger partial charge in [0.05, 0.1) is 0 Å². The van der Waals surface area contributed by atoms with Gasteiger partial charge in [-0.1, -0.05) is 109 Å². The molecule has 0 spiro atoms. The average Bonchev–Trinajstić information content (AvgIpc) is 3.66. The van der Waals surface area contributed by atoms with Gasteiger partial charge in [0.25, 0.3) is 0 Å². The second-order valence-corrected chi connectivity index (χ2v) is 13.1. The first-order valence-corrected chi connectivity index (χ1v) is 16.4. The maximum atomic E-state index is 6.79. The average molecular weight is 600 g/mol. The van der Waals surface area contributed by atoms with Gasteiger partial charge < -0.3 is 4.74 Å². The van der Waals surface area contributed by atoms with Gasteiger partial charge >= 0.3 is 0 Å². The van der Waals surface area contributed by atoms with Crippen molar-refractivity contribution < 1.29 is 4.74 Å². The molecule has 0 amide bonds. The molecular weight excluding hydrogens is 575 g/mol. The van der Waals surface area contributed by atoms with Crippen molar-refractivity contribution in [1.82, 2.24) is 4.98 Å². The minimum absolute atomic E-state index is 0.465. The van der Waals surface area contributed by atoms with Gasteiger partial charge in [-0.05, 0) is 35.4 Å². The van der Waals surface area contributed by atoms with Crippen LogP contribution >= 0.6 is 22.7 Å². The van der Waals surface area contributed by atoms with Crippen molar-refractivity contribution >= 4 is 73.9 Å². The molecule has 9 aromatic rings. The Morgan fingerprint density at radius 1 is 0.477 bits per heavy atom. The predicted molar refractivity (Wildman–Crippen MR) is 189 cm³/mol. The van der Waals surface area contributed by atoms with Crippen LogP contribution in [-0.2, 0) is 6.61 Å². The Morgan fingerprint density at radius 2 is 1.05 bits per heavy atom. The van der Waals surface area contributed by atoms with Crippen LogP contribution in [0.2, 0.25) is 0 Å². The molecule has 0 saturated carbocycles. The van der Waals surface area contributed by atoms with Crippen molar-refractivity contribution in [1.29, 1.82) is 0 Å². The summed E-state index contributed by atoms with van der Waals surface area (Å²) in [5.74, 6) is 0.821. The van der Waals surface area contributed by atoms with E-state index in [9.17, 15) is 0 Å². The van der Waals surface area contributed by atoms with Gasteiger partial charge in [-0.25, -0.2) is 0 Å². The fourth-order valence-corrected chi connectivity index (χ4v) is 8.90. The Bertz CT molecular complexity index is 2510. The molecule has 4 heteroatoms. The molecule has 0 saturated heterocycles. The Morgan fingerprint density at radius 3 is 1.73 bits per heavy atom. The van der Waals surface area contributed by atoms with E-state index in [0.717, 1.165) is 27.8 Å². The summed E-state index contributed by atoms with van der Waals surface area (Å²) in [6.07, 6.45) is 1.88. The van der Waals surface area contributed by atoms with E-state index in [1.807, 2.05) is 41.0 Å². The number of aromatic nitrogens is 1. The van der Waals surface area contributed by atoms with Crippen molar-refractivity contribution in [2.24, 2.45) is 0 Å². The quantitative estimate of drug-likeness (QED) is 0.196. The number of nitrogens with zero attached hydrogens (tertiary/aromatic N) is 1. The molecule has 6 aromatic carbocycles. The molecule has 2 nitrogen and oxygen atoms in total. The van der Waals surface area contributed by atoms with Gasteiger partial charge in [0.2, 0.25) is 0 Å². The lowest BCUT2D eigenvalue weighted by molar-refractivity contribution is 0.311. The molecule has 0 atom stereocenters. The van der Waals surface area contributed by atoms with Crippen LogP contribution in [0.15, 0.2) is 140 Å². The molecule has 3 aromatic heterocycles. The SMILES string of the molecule is c1ccc(COc2c(-c3cccc4c3sc3ccccc34)cc(-c3cccc4c3sc3ccccc34)c3cccnc23)cc1. The number of hydrogen-bond donors (Lipinski definition) is 0. The number of benzene rings is 6. The van der Waals surface area contributed by atoms with E-state index in [2.05, 4.69) is 121 Å². The number of fused-ring (bicyclic) bond motifs is 7. The molecule has 0 aliphatic carbocycles. The summed E-state index contributed by atoms with van der Waals surface area (Å²) in [5.41, 5.74) is 6.64. The van der Waals surface area contributed by atoms with Crippen LogP contribution < -0.4 is 4.74 Å². The van der Waals surface area contributed by atoms with Gasteiger partial charge in [-0.3, -0.25) is 4.98 Å². The van der Waals surface area contributed by atoms with Crippen LogP contribution in [0.25, 0.3) is 73.5 Å². The molecule has 0 fully saturated rings. The predicted octanol–water partition coefficient (Wildman–Crippen LogP) is 11.9. The summed E-state index contributed by atoms with van der Waals surface area (Å²) in [6.45, 7) is 0.465. The Balaban J connectivity index is 1.36. The molecule has 0 radical (unpaired) electrons. The normalized spacial score (nSPS) is 11.7. The van der Waals surface area contributed by atoms with E-state index in [0.29, 0.717) is 6.61 Å². The van der Waals surface area contributed by atoms with Gasteiger partial charge in [0, 0.05) is 68.6 Å². The summed E-state index contributed by atoms with van der Waals surface area (Å²) in [4.78, 5) is 4.99. The fraction of sp³-hybridized carbons (Fsp3) is 0.0250. The standard InChI is InChI=1S/C40H25NOS2/c1-2-11-25(12-3-1)24-42-38-34(32-18-9-16-30-27-14-5-7-21-36(27)44-40(30)32)23-33(28-19-10-22-41-37(28)38)31-17-8-15-29-26-13-4-6-20-35(26)43-39(29)31/h1-23H,24H2. The fourth-order valence-electron chi connectivity index (χ4n) is 6.44. The number of thiophene rings is 2. The van der Waals surface area contributed by atoms with Crippen molar-refractivity contribution in [3.05, 3.63) is 145 Å². The van der Waals surface area contributed by atoms with Crippen LogP contribution in [0.1, 0.15) is 5.56 Å². The summed E-state index contributed by atoms with van der Waals surface area (Å²) in [7, 11) is 0. The summed E-state index contributed by atoms with van der Waals surface area (Å²) < 4.78 is 11.9. The molecule has 9 rings (SSSR count). The summed E-state index contributed by atoms with van der Waals surface area (Å²) in [6, 6.07) is 47.7. The second kappa shape index (κ2) is 10.3. The van der Waals surface area contributed by atoms with Crippen molar-refractivity contribution in [3.63, 3.8) is 0 Å². The van der Waals surface area contributed by atoms with E-state index in [-0.39, 0.29) is 0 Å². The monoisotopic (exact) mass is 599 g/mol. The Kier molecular flexibility index (Phi) is 5.96. The summed E-state index contributed by atoms with van der Waals surface area (Å²) >= 11 is 3.71. The van der Waals surface area contributed by atoms with Crippen LogP contribution in [-0.4, -0.2) is 4.98 Å². The molecule has 208 valence electrons.